The second-order valence-electron chi connectivity index (χ2n) is 6.54. The Morgan fingerprint density at radius 2 is 2.08 bits per heavy atom. The van der Waals surface area contributed by atoms with Crippen molar-refractivity contribution in [3.63, 3.8) is 0 Å². The molecular weight excluding hydrogens is 334 g/mol. The van der Waals surface area contributed by atoms with Crippen LogP contribution >= 0.6 is 0 Å². The number of carbonyl (C=O) groups is 1. The largest absolute Gasteiger partial charge is 0.418 e. The summed E-state index contributed by atoms with van der Waals surface area (Å²) in [4.78, 5) is 32.5. The number of nitrogens with one attached hydrogen (secondary N) is 1. The predicted molar refractivity (Wildman–Crippen MR) is 96.1 cm³/mol. The van der Waals surface area contributed by atoms with Crippen molar-refractivity contribution >= 4 is 22.8 Å². The lowest BCUT2D eigenvalue weighted by Gasteiger charge is -2.14. The van der Waals surface area contributed by atoms with Crippen LogP contribution in [0.3, 0.4) is 0 Å². The minimum Gasteiger partial charge on any atom is -0.415 e. The number of carbonyl (C=O) groups excluding carboxylic acids is 1. The highest BCUT2D eigenvalue weighted by Gasteiger charge is 2.41. The Balaban J connectivity index is 1.58. The fourth-order valence-electron chi connectivity index (χ4n) is 3.03. The van der Waals surface area contributed by atoms with Crippen molar-refractivity contribution in [1.29, 1.82) is 0 Å². The SMILES string of the molecule is CC1(O)CN(c2ccc(Cc3cc4ccccc4[nH]c3=O)cn2)C(=O)O1. The molecular formula is C19H17N3O4. The number of aliphatic hydroxyl groups is 1. The number of anilines is 1. The molecule has 1 amide bonds. The molecule has 0 spiro atoms. The number of benzene rings is 1. The molecule has 0 bridgehead atoms. The van der Waals surface area contributed by atoms with E-state index < -0.39 is 11.9 Å². The zero-order chi connectivity index (χ0) is 18.3. The van der Waals surface area contributed by atoms with Crippen molar-refractivity contribution in [2.75, 3.05) is 11.4 Å². The number of H-pyrrole nitrogens is 1. The number of fused-ring (bicyclic) bond motifs is 1. The van der Waals surface area contributed by atoms with Crippen molar-refractivity contribution in [3.05, 3.63) is 70.1 Å². The van der Waals surface area contributed by atoms with Crippen molar-refractivity contribution in [2.45, 2.75) is 19.1 Å². The van der Waals surface area contributed by atoms with Crippen LogP contribution in [0, 0.1) is 0 Å². The fourth-order valence-corrected chi connectivity index (χ4v) is 3.03. The maximum absolute atomic E-state index is 12.3. The summed E-state index contributed by atoms with van der Waals surface area (Å²) >= 11 is 0. The van der Waals surface area contributed by atoms with Crippen molar-refractivity contribution in [1.82, 2.24) is 9.97 Å². The number of ether oxygens (including phenoxy) is 1. The van der Waals surface area contributed by atoms with E-state index in [0.717, 1.165) is 16.5 Å². The van der Waals surface area contributed by atoms with Gasteiger partial charge in [0.2, 0.25) is 5.79 Å². The highest BCUT2D eigenvalue weighted by molar-refractivity contribution is 5.88. The van der Waals surface area contributed by atoms with Gasteiger partial charge >= 0.3 is 6.09 Å². The summed E-state index contributed by atoms with van der Waals surface area (Å²) in [5, 5.41) is 10.8. The van der Waals surface area contributed by atoms with Gasteiger partial charge in [-0.05, 0) is 29.1 Å². The zero-order valence-electron chi connectivity index (χ0n) is 14.1. The first-order chi connectivity index (χ1) is 12.4. The molecule has 1 aliphatic rings. The van der Waals surface area contributed by atoms with E-state index in [1.807, 2.05) is 30.3 Å². The molecule has 1 aliphatic heterocycles. The van der Waals surface area contributed by atoms with Gasteiger partial charge in [0.15, 0.2) is 0 Å². The smallest absolute Gasteiger partial charge is 0.415 e. The molecule has 4 rings (SSSR count). The van der Waals surface area contributed by atoms with Crippen molar-refractivity contribution in [2.24, 2.45) is 0 Å². The third-order valence-electron chi connectivity index (χ3n) is 4.29. The molecule has 2 N–H and O–H groups in total. The number of rotatable bonds is 3. The van der Waals surface area contributed by atoms with Gasteiger partial charge in [0.25, 0.3) is 5.56 Å². The van der Waals surface area contributed by atoms with E-state index in [0.29, 0.717) is 17.8 Å². The van der Waals surface area contributed by atoms with Gasteiger partial charge in [0, 0.05) is 30.6 Å². The number of β-amino-alcohol motifs (C(OH)–C–C–N with tert-alkyl or cyclic N) is 1. The van der Waals surface area contributed by atoms with Crippen LogP contribution in [0.15, 0.2) is 53.5 Å². The Labute approximate surface area is 148 Å². The Hall–Kier alpha value is -3.19. The summed E-state index contributed by atoms with van der Waals surface area (Å²) < 4.78 is 4.86. The van der Waals surface area contributed by atoms with Crippen LogP contribution < -0.4 is 10.5 Å². The molecule has 0 saturated carbocycles. The summed E-state index contributed by atoms with van der Waals surface area (Å²) in [5.41, 5.74) is 2.15. The Bertz CT molecular complexity index is 1040. The number of cyclic esters (lactones) is 1. The van der Waals surface area contributed by atoms with E-state index in [-0.39, 0.29) is 12.1 Å². The molecule has 1 fully saturated rings. The third kappa shape index (κ3) is 3.04. The minimum absolute atomic E-state index is 0.0164. The Kier molecular flexibility index (Phi) is 3.73. The summed E-state index contributed by atoms with van der Waals surface area (Å²) in [6.07, 6.45) is 1.40. The van der Waals surface area contributed by atoms with Crippen LogP contribution in [0.1, 0.15) is 18.1 Å². The lowest BCUT2D eigenvalue weighted by Crippen LogP contribution is -2.31. The third-order valence-corrected chi connectivity index (χ3v) is 4.29. The van der Waals surface area contributed by atoms with Gasteiger partial charge in [-0.15, -0.1) is 0 Å². The van der Waals surface area contributed by atoms with Gasteiger partial charge in [0.05, 0.1) is 6.54 Å². The molecule has 0 aliphatic carbocycles. The number of para-hydroxylation sites is 1. The highest BCUT2D eigenvalue weighted by Crippen LogP contribution is 2.24. The molecule has 2 aromatic heterocycles. The monoisotopic (exact) mass is 351 g/mol. The van der Waals surface area contributed by atoms with Crippen LogP contribution in [0.4, 0.5) is 10.6 Å². The van der Waals surface area contributed by atoms with Crippen LogP contribution in [-0.4, -0.2) is 33.5 Å². The van der Waals surface area contributed by atoms with Gasteiger partial charge in [-0.3, -0.25) is 9.69 Å². The molecule has 132 valence electrons. The molecule has 1 saturated heterocycles. The predicted octanol–water partition coefficient (Wildman–Crippen LogP) is 2.18. The number of hydrogen-bond donors (Lipinski definition) is 2. The fraction of sp³-hybridized carbons (Fsp3) is 0.211. The molecule has 7 heteroatoms. The normalized spacial score (nSPS) is 19.8. The molecule has 1 aromatic carbocycles. The minimum atomic E-state index is -1.52. The van der Waals surface area contributed by atoms with Crippen LogP contribution in [-0.2, 0) is 11.2 Å². The molecule has 3 heterocycles. The molecule has 3 aromatic rings. The van der Waals surface area contributed by atoms with Gasteiger partial charge in [-0.25, -0.2) is 9.78 Å². The second kappa shape index (κ2) is 5.96. The lowest BCUT2D eigenvalue weighted by molar-refractivity contribution is -0.113. The number of nitrogens with zero attached hydrogens (tertiary/aromatic N) is 2. The summed E-state index contributed by atoms with van der Waals surface area (Å²) in [6, 6.07) is 13.0. The molecule has 0 radical (unpaired) electrons. The first-order valence-electron chi connectivity index (χ1n) is 8.20. The first kappa shape index (κ1) is 16.3. The molecule has 1 atom stereocenters. The van der Waals surface area contributed by atoms with E-state index in [9.17, 15) is 14.7 Å². The Morgan fingerprint density at radius 1 is 1.27 bits per heavy atom. The summed E-state index contributed by atoms with van der Waals surface area (Å²) in [7, 11) is 0. The number of aromatic nitrogens is 2. The summed E-state index contributed by atoms with van der Waals surface area (Å²) in [5.74, 6) is -1.13. The number of amides is 1. The van der Waals surface area contributed by atoms with E-state index in [4.69, 9.17) is 4.74 Å². The van der Waals surface area contributed by atoms with Gasteiger partial charge < -0.3 is 14.8 Å². The van der Waals surface area contributed by atoms with E-state index in [1.165, 1.54) is 11.8 Å². The topological polar surface area (TPSA) is 95.5 Å². The van der Waals surface area contributed by atoms with Gasteiger partial charge in [-0.1, -0.05) is 24.3 Å². The maximum atomic E-state index is 12.3. The number of aromatic amines is 1. The van der Waals surface area contributed by atoms with Crippen LogP contribution in [0.2, 0.25) is 0 Å². The second-order valence-corrected chi connectivity index (χ2v) is 6.54. The zero-order valence-corrected chi connectivity index (χ0v) is 14.1. The average Bonchev–Trinajstić information content (AvgIpc) is 2.89. The molecule has 1 unspecified atom stereocenters. The van der Waals surface area contributed by atoms with Crippen molar-refractivity contribution in [3.8, 4) is 0 Å². The average molecular weight is 351 g/mol. The highest BCUT2D eigenvalue weighted by atomic mass is 16.7. The van der Waals surface area contributed by atoms with Gasteiger partial charge in [0.1, 0.15) is 5.82 Å². The van der Waals surface area contributed by atoms with E-state index in [2.05, 4.69) is 9.97 Å². The quantitative estimate of drug-likeness (QED) is 0.754. The number of pyridine rings is 2. The van der Waals surface area contributed by atoms with Crippen LogP contribution in [0.5, 0.6) is 0 Å². The first-order valence-corrected chi connectivity index (χ1v) is 8.20. The van der Waals surface area contributed by atoms with E-state index in [1.54, 1.807) is 18.3 Å². The van der Waals surface area contributed by atoms with Crippen LogP contribution in [0.25, 0.3) is 10.9 Å². The summed E-state index contributed by atoms with van der Waals surface area (Å²) in [6.45, 7) is 1.44. The molecule has 26 heavy (non-hydrogen) atoms. The van der Waals surface area contributed by atoms with E-state index >= 15 is 0 Å². The lowest BCUT2D eigenvalue weighted by atomic mass is 10.1. The maximum Gasteiger partial charge on any atom is 0.418 e. The number of hydrogen-bond acceptors (Lipinski definition) is 5. The van der Waals surface area contributed by atoms with Gasteiger partial charge in [-0.2, -0.15) is 0 Å². The molecule has 7 nitrogen and oxygen atoms in total. The standard InChI is InChI=1S/C19H17N3O4/c1-19(25)11-22(18(24)26-19)16-7-6-12(10-20-16)8-14-9-13-4-2-3-5-15(13)21-17(14)23/h2-7,9-10,25H,8,11H2,1H3,(H,21,23). The van der Waals surface area contributed by atoms with Crippen molar-refractivity contribution < 1.29 is 14.6 Å². The Morgan fingerprint density at radius 3 is 2.77 bits per heavy atom.